The molecule has 0 spiro atoms. The van der Waals surface area contributed by atoms with Crippen molar-refractivity contribution >= 4 is 39.1 Å². The number of aryl methyl sites for hydroxylation is 1. The molecule has 0 aliphatic heterocycles. The van der Waals surface area contributed by atoms with Crippen LogP contribution in [0.2, 0.25) is 5.02 Å². The van der Waals surface area contributed by atoms with Crippen LogP contribution in [0.1, 0.15) is 30.8 Å². The molecular formula is C18H23ClN4O4S. The van der Waals surface area contributed by atoms with Crippen molar-refractivity contribution in [1.82, 2.24) is 8.87 Å². The molecular weight excluding hydrogens is 404 g/mol. The van der Waals surface area contributed by atoms with Crippen molar-refractivity contribution in [1.29, 1.82) is 0 Å². The molecule has 0 saturated heterocycles. The highest BCUT2D eigenvalue weighted by atomic mass is 35.5. The fraction of sp³-hybridized carbons (Fsp3) is 0.333. The molecule has 8 nitrogen and oxygen atoms in total. The Morgan fingerprint density at radius 3 is 2.54 bits per heavy atom. The van der Waals surface area contributed by atoms with Crippen LogP contribution in [-0.2, 0) is 21.9 Å². The van der Waals surface area contributed by atoms with E-state index in [9.17, 15) is 18.0 Å². The third-order valence-corrected chi connectivity index (χ3v) is 6.36. The first-order valence-electron chi connectivity index (χ1n) is 8.62. The quantitative estimate of drug-likeness (QED) is 0.673. The predicted molar refractivity (Wildman–Crippen MR) is 108 cm³/mol. The Bertz CT molecular complexity index is 987. The van der Waals surface area contributed by atoms with E-state index in [-0.39, 0.29) is 17.1 Å². The number of nitrogens with one attached hydrogen (secondary N) is 1. The number of rotatable bonds is 8. The molecule has 1 aromatic heterocycles. The van der Waals surface area contributed by atoms with Crippen molar-refractivity contribution in [2.45, 2.75) is 31.2 Å². The molecule has 0 saturated carbocycles. The van der Waals surface area contributed by atoms with E-state index in [0.29, 0.717) is 17.1 Å². The van der Waals surface area contributed by atoms with Gasteiger partial charge in [-0.25, -0.2) is 8.42 Å². The lowest BCUT2D eigenvalue weighted by molar-refractivity contribution is -0.119. The van der Waals surface area contributed by atoms with Gasteiger partial charge < -0.3 is 15.6 Å². The zero-order valence-corrected chi connectivity index (χ0v) is 17.4. The normalized spacial score (nSPS) is 12.8. The predicted octanol–water partition coefficient (Wildman–Crippen LogP) is 2.21. The number of primary amides is 1. The van der Waals surface area contributed by atoms with Gasteiger partial charge in [-0.1, -0.05) is 24.6 Å². The minimum atomic E-state index is -4.03. The molecule has 0 bridgehead atoms. The Morgan fingerprint density at radius 1 is 1.32 bits per heavy atom. The summed E-state index contributed by atoms with van der Waals surface area (Å²) in [5.41, 5.74) is 5.80. The zero-order valence-electron chi connectivity index (χ0n) is 15.8. The van der Waals surface area contributed by atoms with Gasteiger partial charge in [0.05, 0.1) is 0 Å². The van der Waals surface area contributed by atoms with E-state index < -0.39 is 27.9 Å². The third kappa shape index (κ3) is 4.73. The Balaban J connectivity index is 2.33. The van der Waals surface area contributed by atoms with Crippen LogP contribution in [0.15, 0.2) is 41.4 Å². The smallest absolute Gasteiger partial charge is 0.265 e. The number of anilines is 1. The van der Waals surface area contributed by atoms with Crippen molar-refractivity contribution in [2.75, 3.05) is 11.9 Å². The molecule has 2 rings (SSSR count). The lowest BCUT2D eigenvalue weighted by atomic mass is 10.2. The number of sulfonamides is 1. The summed E-state index contributed by atoms with van der Waals surface area (Å²) in [6, 6.07) is 6.80. The highest BCUT2D eigenvalue weighted by molar-refractivity contribution is 7.89. The monoisotopic (exact) mass is 426 g/mol. The lowest BCUT2D eigenvalue weighted by Gasteiger charge is -2.27. The van der Waals surface area contributed by atoms with E-state index in [1.165, 1.54) is 30.8 Å². The number of halogens is 1. The van der Waals surface area contributed by atoms with Gasteiger partial charge in [0.1, 0.15) is 16.6 Å². The molecule has 152 valence electrons. The van der Waals surface area contributed by atoms with Crippen LogP contribution in [0.4, 0.5) is 5.69 Å². The molecule has 1 atom stereocenters. The van der Waals surface area contributed by atoms with Gasteiger partial charge in [-0.3, -0.25) is 9.59 Å². The Labute approximate surface area is 169 Å². The maximum Gasteiger partial charge on any atom is 0.265 e. The number of hydrogen-bond donors (Lipinski definition) is 2. The molecule has 0 fully saturated rings. The maximum atomic E-state index is 13.1. The Kier molecular flexibility index (Phi) is 6.87. The van der Waals surface area contributed by atoms with Gasteiger partial charge in [0, 0.05) is 30.5 Å². The van der Waals surface area contributed by atoms with Crippen LogP contribution in [0.3, 0.4) is 0 Å². The molecule has 0 aliphatic rings. The van der Waals surface area contributed by atoms with E-state index in [2.05, 4.69) is 5.32 Å². The van der Waals surface area contributed by atoms with Crippen LogP contribution in [0.5, 0.6) is 0 Å². The Morgan fingerprint density at radius 2 is 2.00 bits per heavy atom. The second-order valence-corrected chi connectivity index (χ2v) is 8.65. The first-order chi connectivity index (χ1) is 13.1. The van der Waals surface area contributed by atoms with Gasteiger partial charge in [-0.2, -0.15) is 4.31 Å². The van der Waals surface area contributed by atoms with Crippen molar-refractivity contribution in [3.63, 3.8) is 0 Å². The topological polar surface area (TPSA) is 114 Å². The highest BCUT2D eigenvalue weighted by Crippen LogP contribution is 2.22. The summed E-state index contributed by atoms with van der Waals surface area (Å²) in [5, 5.41) is 3.12. The standard InChI is InChI=1S/C18H23ClN4O4S/c1-4-8-23(12(2)18(25)21-14-7-5-6-13(19)9-14)28(26,27)15-10-16(17(20)24)22(3)11-15/h5-7,9-12H,4,8H2,1-3H3,(H2,20,24)(H,21,25). The third-order valence-electron chi connectivity index (χ3n) is 4.19. The van der Waals surface area contributed by atoms with Crippen molar-refractivity contribution < 1.29 is 18.0 Å². The first kappa shape index (κ1) is 21.9. The summed E-state index contributed by atoms with van der Waals surface area (Å²) in [7, 11) is -2.50. The number of carbonyl (C=O) groups is 2. The number of amides is 2. The van der Waals surface area contributed by atoms with Gasteiger partial charge in [-0.15, -0.1) is 0 Å². The number of benzene rings is 1. The Hall–Kier alpha value is -2.36. The van der Waals surface area contributed by atoms with Crippen molar-refractivity contribution in [2.24, 2.45) is 12.8 Å². The molecule has 1 aromatic carbocycles. The van der Waals surface area contributed by atoms with Gasteiger partial charge in [0.15, 0.2) is 0 Å². The first-order valence-corrected chi connectivity index (χ1v) is 10.4. The number of hydrogen-bond acceptors (Lipinski definition) is 4. The van der Waals surface area contributed by atoms with E-state index in [1.807, 2.05) is 6.92 Å². The second kappa shape index (κ2) is 8.76. The lowest BCUT2D eigenvalue weighted by Crippen LogP contribution is -2.45. The number of nitrogens with zero attached hydrogens (tertiary/aromatic N) is 2. The molecule has 1 heterocycles. The summed E-state index contributed by atoms with van der Waals surface area (Å²) in [4.78, 5) is 24.0. The molecule has 2 amide bonds. The number of aromatic nitrogens is 1. The van der Waals surface area contributed by atoms with Crippen LogP contribution in [-0.4, -0.2) is 41.7 Å². The van der Waals surface area contributed by atoms with Crippen LogP contribution >= 0.6 is 11.6 Å². The zero-order chi connectivity index (χ0) is 21.1. The maximum absolute atomic E-state index is 13.1. The van der Waals surface area contributed by atoms with E-state index in [0.717, 1.165) is 4.31 Å². The summed E-state index contributed by atoms with van der Waals surface area (Å²) >= 11 is 5.92. The molecule has 0 aliphatic carbocycles. The fourth-order valence-corrected chi connectivity index (χ4v) is 4.69. The molecule has 10 heteroatoms. The SMILES string of the molecule is CCCN(C(C)C(=O)Nc1cccc(Cl)c1)S(=O)(=O)c1cc(C(N)=O)n(C)c1. The van der Waals surface area contributed by atoms with Crippen molar-refractivity contribution in [3.8, 4) is 0 Å². The molecule has 3 N–H and O–H groups in total. The molecule has 0 radical (unpaired) electrons. The fourth-order valence-electron chi connectivity index (χ4n) is 2.74. The van der Waals surface area contributed by atoms with Crippen LogP contribution < -0.4 is 11.1 Å². The van der Waals surface area contributed by atoms with Crippen LogP contribution in [0, 0.1) is 0 Å². The minimum Gasteiger partial charge on any atom is -0.364 e. The summed E-state index contributed by atoms with van der Waals surface area (Å²) < 4.78 is 28.7. The second-order valence-electron chi connectivity index (χ2n) is 6.33. The molecule has 1 unspecified atom stereocenters. The average Bonchev–Trinajstić information content (AvgIpc) is 3.02. The summed E-state index contributed by atoms with van der Waals surface area (Å²) in [6.45, 7) is 3.45. The van der Waals surface area contributed by atoms with E-state index in [4.69, 9.17) is 17.3 Å². The van der Waals surface area contributed by atoms with E-state index >= 15 is 0 Å². The number of carbonyl (C=O) groups excluding carboxylic acids is 2. The summed E-state index contributed by atoms with van der Waals surface area (Å²) in [6.07, 6.45) is 1.81. The molecule has 28 heavy (non-hydrogen) atoms. The van der Waals surface area contributed by atoms with Gasteiger partial charge in [0.2, 0.25) is 15.9 Å². The van der Waals surface area contributed by atoms with E-state index in [1.54, 1.807) is 24.3 Å². The minimum absolute atomic E-state index is 0.0612. The average molecular weight is 427 g/mol. The largest absolute Gasteiger partial charge is 0.364 e. The summed E-state index contributed by atoms with van der Waals surface area (Å²) in [5.74, 6) is -1.23. The van der Waals surface area contributed by atoms with Crippen molar-refractivity contribution in [3.05, 3.63) is 47.2 Å². The van der Waals surface area contributed by atoms with Gasteiger partial charge >= 0.3 is 0 Å². The van der Waals surface area contributed by atoms with Gasteiger partial charge in [-0.05, 0) is 37.6 Å². The van der Waals surface area contributed by atoms with Gasteiger partial charge in [0.25, 0.3) is 5.91 Å². The van der Waals surface area contributed by atoms with Crippen LogP contribution in [0.25, 0.3) is 0 Å². The number of nitrogens with two attached hydrogens (primary N) is 1. The highest BCUT2D eigenvalue weighted by Gasteiger charge is 2.33. The molecule has 2 aromatic rings.